The lowest BCUT2D eigenvalue weighted by Crippen LogP contribution is -2.11. The molecule has 2 aromatic rings. The highest BCUT2D eigenvalue weighted by atomic mass is 79.9. The molecule has 100 valence electrons. The second-order valence-corrected chi connectivity index (χ2v) is 5.22. The van der Waals surface area contributed by atoms with Gasteiger partial charge in [0.05, 0.1) is 4.47 Å². The highest BCUT2D eigenvalue weighted by molar-refractivity contribution is 9.10. The molecule has 0 heterocycles. The number of hydrogen-bond donors (Lipinski definition) is 1. The van der Waals surface area contributed by atoms with Crippen molar-refractivity contribution in [1.29, 1.82) is 0 Å². The first-order chi connectivity index (χ1) is 9.08. The Balaban J connectivity index is 2.05. The van der Waals surface area contributed by atoms with Crippen molar-refractivity contribution in [3.05, 3.63) is 63.3 Å². The van der Waals surface area contributed by atoms with E-state index >= 15 is 0 Å². The second-order valence-electron chi connectivity index (χ2n) is 3.93. The molecule has 19 heavy (non-hydrogen) atoms. The molecule has 2 rings (SSSR count). The van der Waals surface area contributed by atoms with Crippen LogP contribution >= 0.6 is 27.5 Å². The fourth-order valence-corrected chi connectivity index (χ4v) is 2.16. The van der Waals surface area contributed by atoms with E-state index < -0.39 is 11.9 Å². The highest BCUT2D eigenvalue weighted by Crippen LogP contribution is 2.25. The topological polar surface area (TPSA) is 29.5 Å². The summed E-state index contributed by atoms with van der Waals surface area (Å²) in [5.41, 5.74) is 0.191. The first kappa shape index (κ1) is 14.3. The van der Waals surface area contributed by atoms with Gasteiger partial charge in [-0.2, -0.15) is 0 Å². The summed E-state index contributed by atoms with van der Waals surface area (Å²) in [7, 11) is 0. The molecule has 0 aliphatic heterocycles. The van der Waals surface area contributed by atoms with Gasteiger partial charge in [-0.1, -0.05) is 29.8 Å². The molecule has 0 saturated heterocycles. The van der Waals surface area contributed by atoms with E-state index in [2.05, 4.69) is 15.9 Å². The van der Waals surface area contributed by atoms with Crippen molar-refractivity contribution in [1.82, 2.24) is 0 Å². The van der Waals surface area contributed by atoms with E-state index in [0.717, 1.165) is 0 Å². The minimum atomic E-state index is -1.04. The fourth-order valence-electron chi connectivity index (χ4n) is 1.60. The molecule has 0 aromatic heterocycles. The SMILES string of the molecule is OC(COc1cccc(Cl)c1)c1cccc(Br)c1F. The zero-order valence-electron chi connectivity index (χ0n) is 9.82. The van der Waals surface area contributed by atoms with Crippen molar-refractivity contribution in [3.63, 3.8) is 0 Å². The molecule has 1 atom stereocenters. The molecule has 2 aromatic carbocycles. The van der Waals surface area contributed by atoms with Crippen molar-refractivity contribution < 1.29 is 14.2 Å². The van der Waals surface area contributed by atoms with Crippen LogP contribution < -0.4 is 4.74 Å². The van der Waals surface area contributed by atoms with E-state index in [9.17, 15) is 9.50 Å². The molecule has 0 amide bonds. The van der Waals surface area contributed by atoms with Crippen LogP contribution in [-0.2, 0) is 0 Å². The predicted molar refractivity (Wildman–Crippen MR) is 76.0 cm³/mol. The van der Waals surface area contributed by atoms with Crippen LogP contribution in [-0.4, -0.2) is 11.7 Å². The lowest BCUT2D eigenvalue weighted by Gasteiger charge is -2.14. The summed E-state index contributed by atoms with van der Waals surface area (Å²) in [5.74, 6) is 0.0478. The molecule has 1 N–H and O–H groups in total. The Kier molecular flexibility index (Phi) is 4.80. The van der Waals surface area contributed by atoms with Gasteiger partial charge in [-0.25, -0.2) is 4.39 Å². The third-order valence-corrected chi connectivity index (χ3v) is 3.39. The van der Waals surface area contributed by atoms with Gasteiger partial charge in [0.25, 0.3) is 0 Å². The largest absolute Gasteiger partial charge is 0.490 e. The van der Waals surface area contributed by atoms with E-state index in [1.165, 1.54) is 6.07 Å². The molecule has 0 radical (unpaired) electrons. The van der Waals surface area contributed by atoms with Gasteiger partial charge < -0.3 is 9.84 Å². The molecule has 1 unspecified atom stereocenters. The summed E-state index contributed by atoms with van der Waals surface area (Å²) < 4.78 is 19.5. The van der Waals surface area contributed by atoms with Gasteiger partial charge >= 0.3 is 0 Å². The van der Waals surface area contributed by atoms with Crippen LogP contribution in [0.3, 0.4) is 0 Å². The first-order valence-electron chi connectivity index (χ1n) is 5.58. The van der Waals surface area contributed by atoms with Crippen LogP contribution in [0.25, 0.3) is 0 Å². The van der Waals surface area contributed by atoms with E-state index in [4.69, 9.17) is 16.3 Å². The monoisotopic (exact) mass is 344 g/mol. The van der Waals surface area contributed by atoms with Crippen LogP contribution in [0.5, 0.6) is 5.75 Å². The van der Waals surface area contributed by atoms with Crippen LogP contribution in [0.2, 0.25) is 5.02 Å². The van der Waals surface area contributed by atoms with Gasteiger partial charge in [-0.3, -0.25) is 0 Å². The van der Waals surface area contributed by atoms with Gasteiger partial charge in [0, 0.05) is 10.6 Å². The van der Waals surface area contributed by atoms with Gasteiger partial charge in [0.1, 0.15) is 24.3 Å². The van der Waals surface area contributed by atoms with Gasteiger partial charge in [-0.15, -0.1) is 0 Å². The molecule has 5 heteroatoms. The zero-order chi connectivity index (χ0) is 13.8. The Morgan fingerprint density at radius 1 is 1.26 bits per heavy atom. The fraction of sp³-hybridized carbons (Fsp3) is 0.143. The standard InChI is InChI=1S/C14H11BrClFO2/c15-12-6-2-5-11(14(12)17)13(18)8-19-10-4-1-3-9(16)7-10/h1-7,13,18H,8H2. The summed E-state index contributed by atoms with van der Waals surface area (Å²) in [6.45, 7) is -0.0479. The van der Waals surface area contributed by atoms with Crippen LogP contribution in [0.4, 0.5) is 4.39 Å². The highest BCUT2D eigenvalue weighted by Gasteiger charge is 2.15. The number of aliphatic hydroxyl groups is 1. The van der Waals surface area contributed by atoms with Gasteiger partial charge in [-0.05, 0) is 40.2 Å². The lowest BCUT2D eigenvalue weighted by molar-refractivity contribution is 0.105. The first-order valence-corrected chi connectivity index (χ1v) is 6.75. The summed E-state index contributed by atoms with van der Waals surface area (Å²) in [5, 5.41) is 10.5. The van der Waals surface area contributed by atoms with Crippen molar-refractivity contribution in [3.8, 4) is 5.75 Å². The molecular formula is C14H11BrClFO2. The molecular weight excluding hydrogens is 335 g/mol. The molecule has 0 bridgehead atoms. The maximum Gasteiger partial charge on any atom is 0.143 e. The van der Waals surface area contributed by atoms with Crippen LogP contribution in [0, 0.1) is 5.82 Å². The van der Waals surface area contributed by atoms with Crippen LogP contribution in [0.1, 0.15) is 11.7 Å². The van der Waals surface area contributed by atoms with Crippen LogP contribution in [0.15, 0.2) is 46.9 Å². The molecule has 0 aliphatic rings. The Bertz CT molecular complexity index is 577. The van der Waals surface area contributed by atoms with E-state index in [1.807, 2.05) is 0 Å². The van der Waals surface area contributed by atoms with Crippen molar-refractivity contribution in [2.45, 2.75) is 6.10 Å². The van der Waals surface area contributed by atoms with E-state index in [0.29, 0.717) is 15.2 Å². The van der Waals surface area contributed by atoms with Crippen molar-refractivity contribution in [2.75, 3.05) is 6.61 Å². The minimum absolute atomic E-state index is 0.0479. The van der Waals surface area contributed by atoms with E-state index in [-0.39, 0.29) is 12.2 Å². The normalized spacial score (nSPS) is 12.2. The summed E-state index contributed by atoms with van der Waals surface area (Å²) in [4.78, 5) is 0. The average molecular weight is 346 g/mol. The number of aliphatic hydroxyl groups excluding tert-OH is 1. The number of rotatable bonds is 4. The number of ether oxygens (including phenoxy) is 1. The Morgan fingerprint density at radius 3 is 2.74 bits per heavy atom. The Morgan fingerprint density at radius 2 is 2.00 bits per heavy atom. The number of halogens is 3. The maximum absolute atomic E-state index is 13.8. The third kappa shape index (κ3) is 3.69. The van der Waals surface area contributed by atoms with E-state index in [1.54, 1.807) is 36.4 Å². The third-order valence-electron chi connectivity index (χ3n) is 2.54. The molecule has 0 saturated carbocycles. The number of benzene rings is 2. The number of hydrogen-bond acceptors (Lipinski definition) is 2. The summed E-state index contributed by atoms with van der Waals surface area (Å²) >= 11 is 8.89. The summed E-state index contributed by atoms with van der Waals surface area (Å²) in [6.07, 6.45) is -1.04. The molecule has 0 aliphatic carbocycles. The second kappa shape index (κ2) is 6.37. The molecule has 0 fully saturated rings. The predicted octanol–water partition coefficient (Wildman–Crippen LogP) is 4.35. The van der Waals surface area contributed by atoms with Gasteiger partial charge in [0.2, 0.25) is 0 Å². The van der Waals surface area contributed by atoms with Crippen molar-refractivity contribution in [2.24, 2.45) is 0 Å². The Labute approximate surface area is 123 Å². The smallest absolute Gasteiger partial charge is 0.143 e. The van der Waals surface area contributed by atoms with Gasteiger partial charge in [0.15, 0.2) is 0 Å². The lowest BCUT2D eigenvalue weighted by atomic mass is 10.1. The minimum Gasteiger partial charge on any atom is -0.490 e. The summed E-state index contributed by atoms with van der Waals surface area (Å²) in [6, 6.07) is 11.6. The maximum atomic E-state index is 13.8. The molecule has 0 spiro atoms. The molecule has 2 nitrogen and oxygen atoms in total. The van der Waals surface area contributed by atoms with Crippen molar-refractivity contribution >= 4 is 27.5 Å². The quantitative estimate of drug-likeness (QED) is 0.892. The Hall–Kier alpha value is -1.10. The average Bonchev–Trinajstić information content (AvgIpc) is 2.39. The zero-order valence-corrected chi connectivity index (χ0v) is 12.2.